The first-order chi connectivity index (χ1) is 18.5. The van der Waals surface area contributed by atoms with Gasteiger partial charge in [-0.15, -0.1) is 24.8 Å². The fourth-order valence-corrected chi connectivity index (χ4v) is 6.26. The van der Waals surface area contributed by atoms with Crippen LogP contribution < -0.4 is 16.8 Å². The summed E-state index contributed by atoms with van der Waals surface area (Å²) in [7, 11) is 1.35. The molecule has 6 aromatic carbocycles. The molecule has 0 fully saturated rings. The summed E-state index contributed by atoms with van der Waals surface area (Å²) in [5, 5.41) is 15.9. The second-order valence-electron chi connectivity index (χ2n) is 10.5. The van der Waals surface area contributed by atoms with Crippen LogP contribution in [0, 0.1) is 0 Å². The molecule has 40 heavy (non-hydrogen) atoms. The van der Waals surface area contributed by atoms with E-state index in [1.165, 1.54) is 66.5 Å². The van der Waals surface area contributed by atoms with Gasteiger partial charge in [-0.25, -0.2) is 4.79 Å². The summed E-state index contributed by atoms with van der Waals surface area (Å²) in [4.78, 5) is 25.1. The molecule has 0 unspecified atom stereocenters. The minimum absolute atomic E-state index is 0. The minimum Gasteiger partial charge on any atom is -0.467 e. The van der Waals surface area contributed by atoms with Crippen LogP contribution in [-0.2, 0) is 20.7 Å². The first-order valence-corrected chi connectivity index (χ1v) is 13.5. The van der Waals surface area contributed by atoms with Gasteiger partial charge in [0.15, 0.2) is 0 Å². The lowest BCUT2D eigenvalue weighted by atomic mass is 9.92. The predicted octanol–water partition coefficient (Wildman–Crippen LogP) is 6.05. The number of carbonyl (C=O) groups is 2. The number of carbonyl (C=O) groups excluding carboxylic acids is 2. The minimum atomic E-state index is -0.722. The Morgan fingerprint density at radius 3 is 1.93 bits per heavy atom. The monoisotopic (exact) mass is 579 g/mol. The van der Waals surface area contributed by atoms with E-state index >= 15 is 0 Å². The molecule has 0 heterocycles. The van der Waals surface area contributed by atoms with Crippen molar-refractivity contribution >= 4 is 90.6 Å². The number of ether oxygens (including phenoxy) is 1. The second kappa shape index (κ2) is 12.1. The molecule has 0 radical (unpaired) electrons. The van der Waals surface area contributed by atoms with Crippen LogP contribution in [0.1, 0.15) is 37.7 Å². The van der Waals surface area contributed by atoms with Crippen LogP contribution in [0.25, 0.3) is 53.9 Å². The standard InChI is InChI=1S/C32H33N3O3.2ClH/c1-38-32(37)25(35-31(36)24(34)6-2-3-16-33)7-4-5-21-17-22-13-12-19-9-8-18-10-11-20-14-15-23(21)30-28(20)26(18)27(19)29(22)30;;/h8-15,17,24-25H,2-7,16,33-34H2,1H3,(H,35,36);2*1H/t24-,25-;;/m0../s1. The maximum atomic E-state index is 12.6. The van der Waals surface area contributed by atoms with Crippen molar-refractivity contribution in [3.05, 3.63) is 60.2 Å². The zero-order chi connectivity index (χ0) is 26.4. The Kier molecular flexibility index (Phi) is 9.06. The van der Waals surface area contributed by atoms with Crippen LogP contribution in [0.5, 0.6) is 0 Å². The van der Waals surface area contributed by atoms with Crippen molar-refractivity contribution in [2.45, 2.75) is 50.6 Å². The molecule has 6 aromatic rings. The third-order valence-electron chi connectivity index (χ3n) is 8.15. The van der Waals surface area contributed by atoms with Crippen LogP contribution in [0.2, 0.25) is 0 Å². The van der Waals surface area contributed by atoms with Gasteiger partial charge in [0.1, 0.15) is 6.04 Å². The predicted molar refractivity (Wildman–Crippen MR) is 170 cm³/mol. The molecule has 8 heteroatoms. The quantitative estimate of drug-likeness (QED) is 0.0983. The lowest BCUT2D eigenvalue weighted by Gasteiger charge is -2.19. The topological polar surface area (TPSA) is 107 Å². The molecular formula is C32H35Cl2N3O3. The van der Waals surface area contributed by atoms with E-state index < -0.39 is 18.1 Å². The molecule has 0 aliphatic heterocycles. The van der Waals surface area contributed by atoms with Gasteiger partial charge in [0, 0.05) is 0 Å². The second-order valence-corrected chi connectivity index (χ2v) is 10.5. The van der Waals surface area contributed by atoms with E-state index in [1.807, 2.05) is 0 Å². The van der Waals surface area contributed by atoms with E-state index in [-0.39, 0.29) is 30.7 Å². The van der Waals surface area contributed by atoms with Gasteiger partial charge in [0.25, 0.3) is 0 Å². The largest absolute Gasteiger partial charge is 0.467 e. The van der Waals surface area contributed by atoms with E-state index in [2.05, 4.69) is 59.9 Å². The van der Waals surface area contributed by atoms with E-state index in [9.17, 15) is 9.59 Å². The fraction of sp³-hybridized carbons (Fsp3) is 0.312. The molecule has 5 N–H and O–H groups in total. The molecule has 0 aliphatic rings. The van der Waals surface area contributed by atoms with E-state index in [1.54, 1.807) is 0 Å². The first-order valence-electron chi connectivity index (χ1n) is 13.5. The molecule has 6 rings (SSSR count). The van der Waals surface area contributed by atoms with E-state index in [0.29, 0.717) is 19.4 Å². The van der Waals surface area contributed by atoms with Gasteiger partial charge in [-0.1, -0.05) is 61.0 Å². The number of halogens is 2. The Bertz CT molecular complexity index is 1710. The number of aryl methyl sites for hydroxylation is 1. The lowest BCUT2D eigenvalue weighted by Crippen LogP contribution is -2.48. The van der Waals surface area contributed by atoms with Crippen molar-refractivity contribution in [2.75, 3.05) is 13.7 Å². The Balaban J connectivity index is 0.00000185. The zero-order valence-electron chi connectivity index (χ0n) is 22.5. The van der Waals surface area contributed by atoms with E-state index in [0.717, 1.165) is 25.7 Å². The van der Waals surface area contributed by atoms with Gasteiger partial charge < -0.3 is 21.5 Å². The van der Waals surface area contributed by atoms with Crippen molar-refractivity contribution in [3.63, 3.8) is 0 Å². The molecule has 210 valence electrons. The number of hydrogen-bond donors (Lipinski definition) is 3. The van der Waals surface area contributed by atoms with E-state index in [4.69, 9.17) is 16.2 Å². The van der Waals surface area contributed by atoms with Gasteiger partial charge in [0.2, 0.25) is 5.91 Å². The van der Waals surface area contributed by atoms with Crippen LogP contribution >= 0.6 is 24.8 Å². The SMILES string of the molecule is COC(=O)[C@H](CCCc1cc2ccc3ccc4ccc5ccc1c1c5c4c3c21)NC(=O)[C@@H](N)CCCCN.Cl.Cl. The van der Waals surface area contributed by atoms with Crippen LogP contribution in [0.4, 0.5) is 0 Å². The molecule has 0 saturated carbocycles. The third-order valence-corrected chi connectivity index (χ3v) is 8.15. The molecule has 0 aromatic heterocycles. The number of benzene rings is 5. The highest BCUT2D eigenvalue weighted by Crippen LogP contribution is 2.48. The van der Waals surface area contributed by atoms with Gasteiger partial charge in [0.05, 0.1) is 13.2 Å². The van der Waals surface area contributed by atoms with Crippen molar-refractivity contribution in [3.8, 4) is 0 Å². The molecule has 0 saturated heterocycles. The summed E-state index contributed by atoms with van der Waals surface area (Å²) in [6.07, 6.45) is 4.12. The summed E-state index contributed by atoms with van der Waals surface area (Å²) in [5.41, 5.74) is 12.8. The number of amides is 1. The van der Waals surface area contributed by atoms with Crippen LogP contribution in [0.15, 0.2) is 54.6 Å². The van der Waals surface area contributed by atoms with Crippen molar-refractivity contribution < 1.29 is 14.3 Å². The molecule has 0 bridgehead atoms. The molecule has 6 nitrogen and oxygen atoms in total. The molecule has 0 spiro atoms. The number of unbranched alkanes of at least 4 members (excludes halogenated alkanes) is 1. The molecule has 2 atom stereocenters. The average molecular weight is 581 g/mol. The van der Waals surface area contributed by atoms with Crippen LogP contribution in [-0.4, -0.2) is 37.6 Å². The highest BCUT2D eigenvalue weighted by atomic mass is 35.5. The van der Waals surface area contributed by atoms with Gasteiger partial charge in [-0.05, 0) is 98.1 Å². The Labute approximate surface area is 245 Å². The highest BCUT2D eigenvalue weighted by molar-refractivity contribution is 6.44. The lowest BCUT2D eigenvalue weighted by molar-refractivity contribution is -0.145. The number of nitrogens with one attached hydrogen (secondary N) is 1. The van der Waals surface area contributed by atoms with Crippen molar-refractivity contribution in [1.29, 1.82) is 0 Å². The number of nitrogens with two attached hydrogens (primary N) is 2. The summed E-state index contributed by atoms with van der Waals surface area (Å²) in [6.45, 7) is 0.570. The fourth-order valence-electron chi connectivity index (χ4n) is 6.26. The highest BCUT2D eigenvalue weighted by Gasteiger charge is 2.25. The zero-order valence-corrected chi connectivity index (χ0v) is 24.1. The third kappa shape index (κ3) is 4.94. The number of rotatable bonds is 11. The van der Waals surface area contributed by atoms with Crippen molar-refractivity contribution in [1.82, 2.24) is 5.32 Å². The number of methoxy groups -OCH3 is 1. The molecule has 0 aliphatic carbocycles. The number of hydrogen-bond acceptors (Lipinski definition) is 5. The molecular weight excluding hydrogens is 545 g/mol. The summed E-state index contributed by atoms with van der Waals surface area (Å²) in [5.74, 6) is -0.767. The Hall–Kier alpha value is -3.16. The summed E-state index contributed by atoms with van der Waals surface area (Å²) in [6, 6.07) is 18.7. The van der Waals surface area contributed by atoms with Crippen molar-refractivity contribution in [2.24, 2.45) is 11.5 Å². The number of esters is 1. The smallest absolute Gasteiger partial charge is 0.328 e. The molecule has 1 amide bonds. The maximum absolute atomic E-state index is 12.6. The average Bonchev–Trinajstić information content (AvgIpc) is 3.31. The van der Waals surface area contributed by atoms with Gasteiger partial charge >= 0.3 is 5.97 Å². The summed E-state index contributed by atoms with van der Waals surface area (Å²) < 4.78 is 4.99. The van der Waals surface area contributed by atoms with Gasteiger partial charge in [-0.2, -0.15) is 0 Å². The van der Waals surface area contributed by atoms with Crippen LogP contribution in [0.3, 0.4) is 0 Å². The maximum Gasteiger partial charge on any atom is 0.328 e. The summed E-state index contributed by atoms with van der Waals surface area (Å²) >= 11 is 0. The Morgan fingerprint density at radius 1 is 0.775 bits per heavy atom. The first kappa shape index (κ1) is 29.8. The van der Waals surface area contributed by atoms with Gasteiger partial charge in [-0.3, -0.25) is 4.79 Å². The normalized spacial score (nSPS) is 13.2. The Morgan fingerprint density at radius 2 is 1.32 bits per heavy atom.